The summed E-state index contributed by atoms with van der Waals surface area (Å²) in [5, 5.41) is 31.1. The first-order valence-corrected chi connectivity index (χ1v) is 8.61. The number of nitrogens with zero attached hydrogens (tertiary/aromatic N) is 1. The van der Waals surface area contributed by atoms with Gasteiger partial charge in [0.15, 0.2) is 0 Å². The van der Waals surface area contributed by atoms with Gasteiger partial charge >= 0.3 is 10.4 Å². The van der Waals surface area contributed by atoms with Crippen LogP contribution in [-0.2, 0) is 19.3 Å². The van der Waals surface area contributed by atoms with E-state index in [9.17, 15) is 23.7 Å². The molecule has 0 aliphatic carbocycles. The molecule has 0 bridgehead atoms. The SMILES string of the molecule is CC([O-])=N[C@H]1C(Oc2ccccc2)O[C@H](CO)[C@H](OS(=O)(=O)O)[C@@H]1O. The Morgan fingerprint density at radius 2 is 2.00 bits per heavy atom. The van der Waals surface area contributed by atoms with Crippen LogP contribution in [0.25, 0.3) is 0 Å². The lowest BCUT2D eigenvalue weighted by atomic mass is 9.97. The molecule has 1 aliphatic heterocycles. The molecule has 1 aromatic rings. The third-order valence-corrected chi connectivity index (χ3v) is 3.85. The summed E-state index contributed by atoms with van der Waals surface area (Å²) < 4.78 is 46.1. The lowest BCUT2D eigenvalue weighted by molar-refractivity contribution is -0.240. The first-order valence-electron chi connectivity index (χ1n) is 7.24. The van der Waals surface area contributed by atoms with Crippen LogP contribution in [0.4, 0.5) is 0 Å². The molecule has 25 heavy (non-hydrogen) atoms. The number of aliphatic hydroxyl groups is 2. The summed E-state index contributed by atoms with van der Waals surface area (Å²) in [5.74, 6) is -0.323. The van der Waals surface area contributed by atoms with Crippen LogP contribution in [-0.4, -0.2) is 66.3 Å². The Balaban J connectivity index is 2.31. The van der Waals surface area contributed by atoms with Crippen molar-refractivity contribution < 1.29 is 41.9 Å². The second kappa shape index (κ2) is 8.08. The highest BCUT2D eigenvalue weighted by Gasteiger charge is 2.48. The number of para-hydroxylation sites is 1. The fourth-order valence-corrected chi connectivity index (χ4v) is 2.91. The molecule has 0 radical (unpaired) electrons. The molecular weight excluding hydrogens is 358 g/mol. The van der Waals surface area contributed by atoms with Gasteiger partial charge in [-0.2, -0.15) is 8.42 Å². The normalized spacial score (nSPS) is 30.9. The van der Waals surface area contributed by atoms with Crippen molar-refractivity contribution >= 4 is 16.3 Å². The van der Waals surface area contributed by atoms with E-state index in [0.29, 0.717) is 5.75 Å². The molecule has 11 heteroatoms. The van der Waals surface area contributed by atoms with Crippen molar-refractivity contribution in [3.63, 3.8) is 0 Å². The molecule has 5 atom stereocenters. The molecule has 0 aromatic heterocycles. The highest BCUT2D eigenvalue weighted by Crippen LogP contribution is 2.28. The van der Waals surface area contributed by atoms with Crippen LogP contribution < -0.4 is 9.84 Å². The summed E-state index contributed by atoms with van der Waals surface area (Å²) in [7, 11) is -4.95. The van der Waals surface area contributed by atoms with E-state index in [1.165, 1.54) is 0 Å². The smallest absolute Gasteiger partial charge is 0.397 e. The Morgan fingerprint density at radius 1 is 1.36 bits per heavy atom. The average Bonchev–Trinajstić information content (AvgIpc) is 2.53. The average molecular weight is 376 g/mol. The Morgan fingerprint density at radius 3 is 2.52 bits per heavy atom. The Kier molecular flexibility index (Phi) is 6.32. The van der Waals surface area contributed by atoms with Crippen LogP contribution in [0.3, 0.4) is 0 Å². The molecule has 1 aliphatic rings. The van der Waals surface area contributed by atoms with Crippen molar-refractivity contribution in [2.45, 2.75) is 37.6 Å². The molecule has 0 saturated carbocycles. The van der Waals surface area contributed by atoms with Gasteiger partial charge in [-0.25, -0.2) is 4.18 Å². The summed E-state index contributed by atoms with van der Waals surface area (Å²) >= 11 is 0. The second-order valence-electron chi connectivity index (χ2n) is 5.27. The third kappa shape index (κ3) is 5.36. The molecule has 3 N–H and O–H groups in total. The molecule has 10 nitrogen and oxygen atoms in total. The van der Waals surface area contributed by atoms with Crippen LogP contribution in [0.1, 0.15) is 6.92 Å². The van der Waals surface area contributed by atoms with E-state index in [2.05, 4.69) is 9.18 Å². The van der Waals surface area contributed by atoms with Gasteiger partial charge in [0.1, 0.15) is 30.1 Å². The van der Waals surface area contributed by atoms with Gasteiger partial charge in [-0.05, 0) is 25.0 Å². The number of hydrogen-bond donors (Lipinski definition) is 3. The maximum atomic E-state index is 11.4. The molecule has 1 aromatic carbocycles. The molecule has 1 fully saturated rings. The van der Waals surface area contributed by atoms with E-state index in [-0.39, 0.29) is 0 Å². The molecule has 1 heterocycles. The molecule has 1 saturated heterocycles. The lowest BCUT2D eigenvalue weighted by Crippen LogP contribution is -2.61. The third-order valence-electron chi connectivity index (χ3n) is 3.38. The highest BCUT2D eigenvalue weighted by molar-refractivity contribution is 7.80. The number of aliphatic hydroxyl groups excluding tert-OH is 2. The molecule has 2 rings (SSSR count). The van der Waals surface area contributed by atoms with Crippen molar-refractivity contribution in [2.24, 2.45) is 4.99 Å². The summed E-state index contributed by atoms with van der Waals surface area (Å²) in [6, 6.07) is 6.95. The number of ether oxygens (including phenoxy) is 2. The molecule has 0 amide bonds. The van der Waals surface area contributed by atoms with Crippen LogP contribution in [0.5, 0.6) is 5.75 Å². The lowest BCUT2D eigenvalue weighted by Gasteiger charge is -2.41. The summed E-state index contributed by atoms with van der Waals surface area (Å²) in [5.41, 5.74) is 0. The van der Waals surface area contributed by atoms with Gasteiger partial charge in [-0.3, -0.25) is 9.55 Å². The van der Waals surface area contributed by atoms with E-state index >= 15 is 0 Å². The van der Waals surface area contributed by atoms with Crippen LogP contribution >= 0.6 is 0 Å². The first-order chi connectivity index (χ1) is 11.7. The summed E-state index contributed by atoms with van der Waals surface area (Å²) in [6.07, 6.45) is -6.02. The summed E-state index contributed by atoms with van der Waals surface area (Å²) in [6.45, 7) is 0.391. The van der Waals surface area contributed by atoms with Gasteiger partial charge in [0.2, 0.25) is 6.29 Å². The minimum atomic E-state index is -4.95. The number of aliphatic imine (C=N–C) groups is 1. The zero-order valence-electron chi connectivity index (χ0n) is 13.1. The predicted octanol–water partition coefficient (Wildman–Crippen LogP) is -1.52. The molecular formula is C14H18NO9S-. The van der Waals surface area contributed by atoms with E-state index in [0.717, 1.165) is 6.92 Å². The van der Waals surface area contributed by atoms with Crippen molar-refractivity contribution in [1.82, 2.24) is 0 Å². The minimum absolute atomic E-state index is 0.342. The number of hydrogen-bond acceptors (Lipinski definition) is 9. The minimum Gasteiger partial charge on any atom is -0.862 e. The quantitative estimate of drug-likeness (QED) is 0.304. The maximum Gasteiger partial charge on any atom is 0.397 e. The number of rotatable bonds is 6. The van der Waals surface area contributed by atoms with Crippen molar-refractivity contribution in [3.8, 4) is 5.75 Å². The molecule has 1 unspecified atom stereocenters. The van der Waals surface area contributed by atoms with E-state index in [1.807, 2.05) is 0 Å². The van der Waals surface area contributed by atoms with E-state index < -0.39 is 53.5 Å². The topological polar surface area (TPSA) is 158 Å². The van der Waals surface area contributed by atoms with Crippen LogP contribution in [0.15, 0.2) is 35.3 Å². The van der Waals surface area contributed by atoms with Crippen molar-refractivity contribution in [1.29, 1.82) is 0 Å². The zero-order valence-corrected chi connectivity index (χ0v) is 13.9. The standard InChI is InChI=1S/C14H19NO9S/c1-8(17)15-11-12(18)13(24-25(19,20)21)10(7-16)23-14(11)22-9-5-3-2-4-6-9/h2-6,10-14,16,18H,7H2,1H3,(H,15,17)(H,19,20,21)/p-1/t10-,11-,12-,13+,14?/m1/s1. The van der Waals surface area contributed by atoms with Crippen LogP contribution in [0, 0.1) is 0 Å². The van der Waals surface area contributed by atoms with E-state index in [4.69, 9.17) is 14.0 Å². The van der Waals surface area contributed by atoms with Gasteiger partial charge < -0.3 is 24.8 Å². The van der Waals surface area contributed by atoms with Gasteiger partial charge in [-0.15, -0.1) is 0 Å². The monoisotopic (exact) mass is 376 g/mol. The number of benzene rings is 1. The molecule has 0 spiro atoms. The first kappa shape index (κ1) is 19.6. The second-order valence-corrected chi connectivity index (χ2v) is 6.32. The Hall–Kier alpha value is -1.76. The van der Waals surface area contributed by atoms with Gasteiger partial charge in [-0.1, -0.05) is 18.2 Å². The fraction of sp³-hybridized carbons (Fsp3) is 0.500. The summed E-state index contributed by atoms with van der Waals surface area (Å²) in [4.78, 5) is 3.67. The predicted molar refractivity (Wildman–Crippen MR) is 82.1 cm³/mol. The van der Waals surface area contributed by atoms with Gasteiger partial charge in [0.05, 0.1) is 6.61 Å². The maximum absolute atomic E-state index is 11.4. The Bertz CT molecular complexity index is 690. The molecule has 140 valence electrons. The van der Waals surface area contributed by atoms with Gasteiger partial charge in [0.25, 0.3) is 0 Å². The van der Waals surface area contributed by atoms with Crippen molar-refractivity contribution in [2.75, 3.05) is 6.61 Å². The fourth-order valence-electron chi connectivity index (χ4n) is 2.39. The highest BCUT2D eigenvalue weighted by atomic mass is 32.3. The largest absolute Gasteiger partial charge is 0.862 e. The van der Waals surface area contributed by atoms with Crippen molar-refractivity contribution in [3.05, 3.63) is 30.3 Å². The van der Waals surface area contributed by atoms with E-state index in [1.54, 1.807) is 30.3 Å². The zero-order chi connectivity index (χ0) is 18.6. The Labute approximate surface area is 144 Å². The van der Waals surface area contributed by atoms with Crippen LogP contribution in [0.2, 0.25) is 0 Å². The van der Waals surface area contributed by atoms with Gasteiger partial charge in [0, 0.05) is 0 Å².